The highest BCUT2D eigenvalue weighted by atomic mass is 35.7. The molecule has 0 spiro atoms. The third kappa shape index (κ3) is 4.51. The van der Waals surface area contributed by atoms with Crippen LogP contribution in [0.4, 0.5) is 0 Å². The van der Waals surface area contributed by atoms with Crippen LogP contribution in [0.5, 0.6) is 0 Å². The Morgan fingerprint density at radius 1 is 1.06 bits per heavy atom. The average Bonchev–Trinajstić information content (AvgIpc) is 2.13. The molecule has 1 aromatic carbocycles. The molecule has 0 fully saturated rings. The third-order valence-electron chi connectivity index (χ3n) is 1.97. The van der Waals surface area contributed by atoms with Gasteiger partial charge in [-0.05, 0) is 24.1 Å². The molecule has 0 unspecified atom stereocenters. The van der Waals surface area contributed by atoms with Gasteiger partial charge in [0, 0.05) is 16.9 Å². The molecule has 0 atom stereocenters. The summed E-state index contributed by atoms with van der Waals surface area (Å²) >= 11 is 0. The van der Waals surface area contributed by atoms with E-state index in [4.69, 9.17) is 10.7 Å². The van der Waals surface area contributed by atoms with Crippen molar-refractivity contribution in [3.05, 3.63) is 29.8 Å². The number of hydrogen-bond donors (Lipinski definition) is 0. The molecule has 1 rings (SSSR count). The Morgan fingerprint density at radius 3 is 1.94 bits per heavy atom. The highest BCUT2D eigenvalue weighted by molar-refractivity contribution is 8.13. The van der Waals surface area contributed by atoms with Crippen LogP contribution in [0.1, 0.15) is 5.56 Å². The molecule has 0 saturated heterocycles. The lowest BCUT2D eigenvalue weighted by atomic mass is 10.2. The molecular formula is C9H11ClO4S2. The first-order valence-electron chi connectivity index (χ1n) is 4.40. The van der Waals surface area contributed by atoms with Gasteiger partial charge in [-0.2, -0.15) is 0 Å². The Kier molecular flexibility index (Phi) is 3.98. The second-order valence-corrected chi connectivity index (χ2v) is 8.29. The molecule has 0 amide bonds. The molecular weight excluding hydrogens is 272 g/mol. The molecule has 7 heteroatoms. The lowest BCUT2D eigenvalue weighted by molar-refractivity contribution is 0.600. The van der Waals surface area contributed by atoms with Crippen LogP contribution in [-0.4, -0.2) is 28.8 Å². The molecule has 0 N–H and O–H groups in total. The number of benzene rings is 1. The Bertz CT molecular complexity index is 558. The summed E-state index contributed by atoms with van der Waals surface area (Å²) in [4.78, 5) is 0.0114. The predicted molar refractivity (Wildman–Crippen MR) is 62.9 cm³/mol. The Hall–Kier alpha value is -0.590. The zero-order chi connectivity index (χ0) is 12.4. The van der Waals surface area contributed by atoms with Crippen LogP contribution in [0, 0.1) is 0 Å². The van der Waals surface area contributed by atoms with Crippen LogP contribution >= 0.6 is 10.7 Å². The van der Waals surface area contributed by atoms with Gasteiger partial charge in [-0.25, -0.2) is 16.8 Å². The number of sulfone groups is 1. The summed E-state index contributed by atoms with van der Waals surface area (Å²) in [5, 5.41) is 0. The fraction of sp³-hybridized carbons (Fsp3) is 0.333. The van der Waals surface area contributed by atoms with E-state index in [1.54, 1.807) is 12.1 Å². The van der Waals surface area contributed by atoms with E-state index in [0.717, 1.165) is 11.8 Å². The maximum atomic E-state index is 10.9. The summed E-state index contributed by atoms with van der Waals surface area (Å²) in [6.45, 7) is 0. The van der Waals surface area contributed by atoms with Gasteiger partial charge in [0.25, 0.3) is 9.05 Å². The molecule has 4 nitrogen and oxygen atoms in total. The maximum Gasteiger partial charge on any atom is 0.261 e. The van der Waals surface area contributed by atoms with Crippen molar-refractivity contribution in [3.8, 4) is 0 Å². The summed E-state index contributed by atoms with van der Waals surface area (Å²) in [5.41, 5.74) is 0.759. The van der Waals surface area contributed by atoms with Gasteiger partial charge < -0.3 is 0 Å². The van der Waals surface area contributed by atoms with E-state index in [0.29, 0.717) is 6.42 Å². The molecule has 0 radical (unpaired) electrons. The highest BCUT2D eigenvalue weighted by Gasteiger charge is 2.09. The Labute approximate surface area is 99.6 Å². The quantitative estimate of drug-likeness (QED) is 0.778. The van der Waals surface area contributed by atoms with Gasteiger partial charge in [-0.3, -0.25) is 0 Å². The van der Waals surface area contributed by atoms with Crippen molar-refractivity contribution in [1.82, 2.24) is 0 Å². The Balaban J connectivity index is 2.81. The van der Waals surface area contributed by atoms with E-state index < -0.39 is 18.9 Å². The average molecular weight is 283 g/mol. The summed E-state index contributed by atoms with van der Waals surface area (Å²) in [6.07, 6.45) is 1.52. The molecule has 0 saturated carbocycles. The SMILES string of the molecule is CS(=O)(=O)CCc1ccc(S(=O)(=O)Cl)cc1. The number of aryl methyl sites for hydroxylation is 1. The van der Waals surface area contributed by atoms with E-state index in [2.05, 4.69) is 0 Å². The first-order chi connectivity index (χ1) is 7.18. The van der Waals surface area contributed by atoms with Gasteiger partial charge in [0.15, 0.2) is 0 Å². The number of hydrogen-bond acceptors (Lipinski definition) is 4. The van der Waals surface area contributed by atoms with Gasteiger partial charge in [-0.15, -0.1) is 0 Å². The van der Waals surface area contributed by atoms with Crippen LogP contribution in [-0.2, 0) is 25.3 Å². The molecule has 0 heterocycles. The highest BCUT2D eigenvalue weighted by Crippen LogP contribution is 2.15. The number of halogens is 1. The van der Waals surface area contributed by atoms with Crippen molar-refractivity contribution < 1.29 is 16.8 Å². The molecule has 0 bridgehead atoms. The summed E-state index contributed by atoms with van der Waals surface area (Å²) in [6, 6.07) is 5.83. The fourth-order valence-electron chi connectivity index (χ4n) is 1.12. The first-order valence-corrected chi connectivity index (χ1v) is 8.77. The van der Waals surface area contributed by atoms with Crippen molar-refractivity contribution >= 4 is 29.6 Å². The summed E-state index contributed by atoms with van der Waals surface area (Å²) in [7, 11) is -1.58. The molecule has 0 aliphatic rings. The van der Waals surface area contributed by atoms with Crippen molar-refractivity contribution in [1.29, 1.82) is 0 Å². The smallest absolute Gasteiger partial charge is 0.229 e. The molecule has 0 aromatic heterocycles. The number of rotatable bonds is 4. The van der Waals surface area contributed by atoms with Crippen LogP contribution in [0.2, 0.25) is 0 Å². The molecule has 0 aliphatic carbocycles. The predicted octanol–water partition coefficient (Wildman–Crippen LogP) is 1.20. The second kappa shape index (κ2) is 4.73. The third-order valence-corrected chi connectivity index (χ3v) is 4.28. The lowest BCUT2D eigenvalue weighted by Gasteiger charge is -2.01. The van der Waals surface area contributed by atoms with Gasteiger partial charge in [0.05, 0.1) is 10.6 Å². The zero-order valence-electron chi connectivity index (χ0n) is 8.55. The largest absolute Gasteiger partial charge is 0.261 e. The molecule has 90 valence electrons. The van der Waals surface area contributed by atoms with E-state index in [-0.39, 0.29) is 10.6 Å². The van der Waals surface area contributed by atoms with Gasteiger partial charge in [0.2, 0.25) is 0 Å². The van der Waals surface area contributed by atoms with Crippen molar-refractivity contribution in [3.63, 3.8) is 0 Å². The van der Waals surface area contributed by atoms with Gasteiger partial charge >= 0.3 is 0 Å². The van der Waals surface area contributed by atoms with E-state index in [1.165, 1.54) is 12.1 Å². The van der Waals surface area contributed by atoms with Crippen LogP contribution in [0.15, 0.2) is 29.2 Å². The minimum absolute atomic E-state index is 0.0114. The monoisotopic (exact) mass is 282 g/mol. The van der Waals surface area contributed by atoms with Gasteiger partial charge in [0.1, 0.15) is 9.84 Å². The minimum atomic E-state index is -3.71. The summed E-state index contributed by atoms with van der Waals surface area (Å²) < 4.78 is 43.7. The van der Waals surface area contributed by atoms with Crippen LogP contribution in [0.25, 0.3) is 0 Å². The maximum absolute atomic E-state index is 10.9. The van der Waals surface area contributed by atoms with Crippen LogP contribution in [0.3, 0.4) is 0 Å². The molecule has 0 aliphatic heterocycles. The standard InChI is InChI=1S/C9H11ClO4S2/c1-15(11,12)7-6-8-2-4-9(5-3-8)16(10,13)14/h2-5H,6-7H2,1H3. The first kappa shape index (κ1) is 13.5. The molecule has 1 aromatic rings. The Morgan fingerprint density at radius 2 is 1.56 bits per heavy atom. The van der Waals surface area contributed by atoms with E-state index in [1.807, 2.05) is 0 Å². The summed E-state index contributed by atoms with van der Waals surface area (Å²) in [5.74, 6) is 0.0416. The molecule has 16 heavy (non-hydrogen) atoms. The second-order valence-electron chi connectivity index (χ2n) is 3.46. The topological polar surface area (TPSA) is 68.3 Å². The normalized spacial score (nSPS) is 12.6. The van der Waals surface area contributed by atoms with Crippen molar-refractivity contribution in [2.24, 2.45) is 0 Å². The fourth-order valence-corrected chi connectivity index (χ4v) is 2.50. The lowest BCUT2D eigenvalue weighted by Crippen LogP contribution is -2.05. The zero-order valence-corrected chi connectivity index (χ0v) is 10.9. The van der Waals surface area contributed by atoms with E-state index in [9.17, 15) is 16.8 Å². The minimum Gasteiger partial charge on any atom is -0.229 e. The van der Waals surface area contributed by atoms with Gasteiger partial charge in [-0.1, -0.05) is 12.1 Å². The van der Waals surface area contributed by atoms with Crippen LogP contribution < -0.4 is 0 Å². The van der Waals surface area contributed by atoms with Crippen molar-refractivity contribution in [2.45, 2.75) is 11.3 Å². The van der Waals surface area contributed by atoms with E-state index >= 15 is 0 Å². The van der Waals surface area contributed by atoms with Crippen molar-refractivity contribution in [2.75, 3.05) is 12.0 Å².